The fraction of sp³-hybridized carbons (Fsp3) is 0.150. The second kappa shape index (κ2) is 7.64. The maximum Gasteiger partial charge on any atom is 0.144 e. The first-order valence-corrected chi connectivity index (χ1v) is 7.96. The molecule has 0 amide bonds. The van der Waals surface area contributed by atoms with Crippen molar-refractivity contribution in [1.29, 1.82) is 0 Å². The van der Waals surface area contributed by atoms with E-state index in [9.17, 15) is 0 Å². The van der Waals surface area contributed by atoms with Crippen LogP contribution in [0.1, 0.15) is 16.7 Å². The molecule has 1 heterocycles. The van der Waals surface area contributed by atoms with Crippen molar-refractivity contribution in [3.63, 3.8) is 0 Å². The molecule has 3 heteroatoms. The number of benzene rings is 2. The zero-order chi connectivity index (χ0) is 15.9. The van der Waals surface area contributed by atoms with Crippen molar-refractivity contribution >= 4 is 13.3 Å². The minimum absolute atomic E-state index is 0.552. The quantitative estimate of drug-likeness (QED) is 0.653. The van der Waals surface area contributed by atoms with Gasteiger partial charge < -0.3 is 4.74 Å². The smallest absolute Gasteiger partial charge is 0.144 e. The lowest BCUT2D eigenvalue weighted by molar-refractivity contribution is 0.308. The third-order valence-electron chi connectivity index (χ3n) is 3.91. The van der Waals surface area contributed by atoms with Crippen LogP contribution < -0.4 is 10.2 Å². The average molecular weight is 301 g/mol. The lowest BCUT2D eigenvalue weighted by Crippen LogP contribution is -2.10. The van der Waals surface area contributed by atoms with E-state index in [1.54, 1.807) is 6.20 Å². The Morgan fingerprint density at radius 1 is 0.826 bits per heavy atom. The first-order chi connectivity index (χ1) is 11.3. The van der Waals surface area contributed by atoms with E-state index >= 15 is 0 Å². The third-order valence-corrected chi connectivity index (χ3v) is 3.91. The Kier molecular flexibility index (Phi) is 5.10. The highest BCUT2D eigenvalue weighted by Gasteiger charge is 2.03. The van der Waals surface area contributed by atoms with Gasteiger partial charge in [0.1, 0.15) is 20.2 Å². The van der Waals surface area contributed by atoms with Crippen molar-refractivity contribution in [2.45, 2.75) is 19.4 Å². The lowest BCUT2D eigenvalue weighted by atomic mass is 9.92. The molecule has 0 spiro atoms. The van der Waals surface area contributed by atoms with Crippen molar-refractivity contribution in [2.24, 2.45) is 0 Å². The summed E-state index contributed by atoms with van der Waals surface area (Å²) in [6, 6.07) is 21.0. The Bertz CT molecular complexity index is 744. The summed E-state index contributed by atoms with van der Waals surface area (Å²) in [6.07, 6.45) is 5.69. The van der Waals surface area contributed by atoms with Crippen LogP contribution in [0.3, 0.4) is 0 Å². The van der Waals surface area contributed by atoms with Crippen LogP contribution in [0.25, 0.3) is 0 Å². The van der Waals surface area contributed by atoms with Gasteiger partial charge in [-0.05, 0) is 41.6 Å². The van der Waals surface area contributed by atoms with Gasteiger partial charge in [0.15, 0.2) is 0 Å². The topological polar surface area (TPSA) is 22.1 Å². The molecule has 0 aliphatic heterocycles. The van der Waals surface area contributed by atoms with Crippen LogP contribution in [0.2, 0.25) is 0 Å². The largest absolute Gasteiger partial charge is 0.489 e. The highest BCUT2D eigenvalue weighted by Crippen LogP contribution is 2.14. The van der Waals surface area contributed by atoms with Crippen molar-refractivity contribution < 1.29 is 4.74 Å². The first kappa shape index (κ1) is 15.4. The number of hydrogen-bond acceptors (Lipinski definition) is 2. The molecule has 0 radical (unpaired) electrons. The first-order valence-electron chi connectivity index (χ1n) is 7.96. The van der Waals surface area contributed by atoms with E-state index in [0.717, 1.165) is 29.6 Å². The van der Waals surface area contributed by atoms with E-state index in [0.29, 0.717) is 6.61 Å². The van der Waals surface area contributed by atoms with Crippen LogP contribution in [-0.2, 0) is 19.4 Å². The minimum Gasteiger partial charge on any atom is -0.489 e. The SMILES string of the molecule is Bc1ccc(CCc2ccccc2)cc1OCc1cccnc1. The van der Waals surface area contributed by atoms with Crippen LogP contribution >= 0.6 is 0 Å². The molecule has 3 rings (SSSR count). The molecule has 2 nitrogen and oxygen atoms in total. The minimum atomic E-state index is 0.552. The predicted molar refractivity (Wildman–Crippen MR) is 97.0 cm³/mol. The molecule has 114 valence electrons. The Morgan fingerprint density at radius 3 is 2.39 bits per heavy atom. The molecule has 0 N–H and O–H groups in total. The van der Waals surface area contributed by atoms with Gasteiger partial charge in [-0.15, -0.1) is 0 Å². The third kappa shape index (κ3) is 4.46. The van der Waals surface area contributed by atoms with Gasteiger partial charge in [-0.1, -0.05) is 48.5 Å². The summed E-state index contributed by atoms with van der Waals surface area (Å²) >= 11 is 0. The second-order valence-electron chi connectivity index (χ2n) is 5.74. The maximum atomic E-state index is 5.98. The standard InChI is InChI=1S/C20H20BNO/c21-19-11-10-17(9-8-16-5-2-1-3-6-16)13-20(19)23-15-18-7-4-12-22-14-18/h1-7,10-14H,8-9,15,21H2. The van der Waals surface area contributed by atoms with Gasteiger partial charge in [-0.3, -0.25) is 4.98 Å². The number of pyridine rings is 1. The Balaban J connectivity index is 1.64. The summed E-state index contributed by atoms with van der Waals surface area (Å²) in [6.45, 7) is 0.552. The van der Waals surface area contributed by atoms with Gasteiger partial charge in [0.25, 0.3) is 0 Å². The summed E-state index contributed by atoms with van der Waals surface area (Å²) in [7, 11) is 2.08. The Morgan fingerprint density at radius 2 is 1.61 bits per heavy atom. The molecular formula is C20H20BNO. The van der Waals surface area contributed by atoms with Crippen molar-refractivity contribution in [3.8, 4) is 5.75 Å². The number of rotatable bonds is 6. The van der Waals surface area contributed by atoms with Gasteiger partial charge >= 0.3 is 0 Å². The predicted octanol–water partition coefficient (Wildman–Crippen LogP) is 2.70. The van der Waals surface area contributed by atoms with Crippen LogP contribution in [0, 0.1) is 0 Å². The van der Waals surface area contributed by atoms with Gasteiger partial charge in [-0.25, -0.2) is 0 Å². The average Bonchev–Trinajstić information content (AvgIpc) is 2.62. The molecule has 23 heavy (non-hydrogen) atoms. The van der Waals surface area contributed by atoms with E-state index in [1.807, 2.05) is 18.3 Å². The molecule has 0 aliphatic rings. The van der Waals surface area contributed by atoms with E-state index < -0.39 is 0 Å². The Hall–Kier alpha value is -2.55. The normalized spacial score (nSPS) is 10.4. The van der Waals surface area contributed by atoms with Gasteiger partial charge in [0.2, 0.25) is 0 Å². The number of nitrogens with zero attached hydrogens (tertiary/aromatic N) is 1. The second-order valence-corrected chi connectivity index (χ2v) is 5.74. The van der Waals surface area contributed by atoms with Crippen LogP contribution in [0.5, 0.6) is 5.75 Å². The van der Waals surface area contributed by atoms with E-state index in [4.69, 9.17) is 4.74 Å². The van der Waals surface area contributed by atoms with Crippen molar-refractivity contribution in [3.05, 3.63) is 89.7 Å². The molecule has 0 atom stereocenters. The molecule has 3 aromatic rings. The molecule has 0 aliphatic carbocycles. The molecule has 0 unspecified atom stereocenters. The van der Waals surface area contributed by atoms with Crippen molar-refractivity contribution in [1.82, 2.24) is 4.98 Å². The lowest BCUT2D eigenvalue weighted by Gasteiger charge is -2.11. The monoisotopic (exact) mass is 301 g/mol. The van der Waals surface area contributed by atoms with Crippen LogP contribution in [0.15, 0.2) is 73.1 Å². The van der Waals surface area contributed by atoms with E-state index in [1.165, 1.54) is 11.1 Å². The van der Waals surface area contributed by atoms with Crippen molar-refractivity contribution in [2.75, 3.05) is 0 Å². The van der Waals surface area contributed by atoms with Gasteiger partial charge in [-0.2, -0.15) is 0 Å². The summed E-state index contributed by atoms with van der Waals surface area (Å²) in [5, 5.41) is 0. The van der Waals surface area contributed by atoms with Crippen LogP contribution in [-0.4, -0.2) is 12.8 Å². The summed E-state index contributed by atoms with van der Waals surface area (Å²) < 4.78 is 5.98. The zero-order valence-electron chi connectivity index (χ0n) is 13.4. The molecule has 1 aromatic heterocycles. The molecule has 2 aromatic carbocycles. The van der Waals surface area contributed by atoms with Gasteiger partial charge in [0.05, 0.1) is 0 Å². The molecule has 0 saturated carbocycles. The Labute approximate surface area is 138 Å². The molecule has 0 bridgehead atoms. The highest BCUT2D eigenvalue weighted by molar-refractivity contribution is 6.34. The molecule has 0 fully saturated rings. The summed E-state index contributed by atoms with van der Waals surface area (Å²) in [5.74, 6) is 0.958. The van der Waals surface area contributed by atoms with Crippen LogP contribution in [0.4, 0.5) is 0 Å². The number of aromatic nitrogens is 1. The number of hydrogen-bond donors (Lipinski definition) is 0. The maximum absolute atomic E-state index is 5.98. The molecule has 0 saturated heterocycles. The van der Waals surface area contributed by atoms with E-state index in [-0.39, 0.29) is 0 Å². The highest BCUT2D eigenvalue weighted by atomic mass is 16.5. The fourth-order valence-corrected chi connectivity index (χ4v) is 2.53. The zero-order valence-corrected chi connectivity index (χ0v) is 13.4. The summed E-state index contributed by atoms with van der Waals surface area (Å²) in [4.78, 5) is 4.12. The fourth-order valence-electron chi connectivity index (χ4n) is 2.53. The number of ether oxygens (including phenoxy) is 1. The van der Waals surface area contributed by atoms with Gasteiger partial charge in [0, 0.05) is 18.0 Å². The van der Waals surface area contributed by atoms with E-state index in [2.05, 4.69) is 61.4 Å². The number of aryl methyl sites for hydroxylation is 2. The molecular weight excluding hydrogens is 281 g/mol. The summed E-state index contributed by atoms with van der Waals surface area (Å²) in [5.41, 5.74) is 4.92.